The molecule has 2 N–H and O–H groups in total. The molecule has 130 valence electrons. The summed E-state index contributed by atoms with van der Waals surface area (Å²) in [5.41, 5.74) is 1.04. The van der Waals surface area contributed by atoms with E-state index >= 15 is 0 Å². The average Bonchev–Trinajstić information content (AvgIpc) is 2.45. The van der Waals surface area contributed by atoms with E-state index in [4.69, 9.17) is 0 Å². The Labute approximate surface area is 139 Å². The second-order valence-corrected chi connectivity index (χ2v) is 9.66. The van der Waals surface area contributed by atoms with Crippen LogP contribution in [0.5, 0.6) is 0 Å². The molecule has 1 aromatic carbocycles. The summed E-state index contributed by atoms with van der Waals surface area (Å²) in [7, 11) is -3.23. The van der Waals surface area contributed by atoms with Crippen molar-refractivity contribution < 1.29 is 13.2 Å². The highest BCUT2D eigenvalue weighted by Gasteiger charge is 2.18. The number of hydrogen-bond acceptors (Lipinski definition) is 3. The van der Waals surface area contributed by atoms with E-state index in [1.54, 1.807) is 38.1 Å². The number of carbonyl (C=O) groups excluding carboxylic acids is 1. The van der Waals surface area contributed by atoms with E-state index < -0.39 is 15.1 Å². The zero-order chi connectivity index (χ0) is 17.7. The van der Waals surface area contributed by atoms with Crippen molar-refractivity contribution in [2.75, 3.05) is 13.1 Å². The molecule has 23 heavy (non-hydrogen) atoms. The van der Waals surface area contributed by atoms with Gasteiger partial charge in [-0.25, -0.2) is 13.2 Å². The number of benzene rings is 1. The molecule has 0 spiro atoms. The molecule has 0 aromatic heterocycles. The van der Waals surface area contributed by atoms with E-state index in [9.17, 15) is 13.2 Å². The number of nitrogens with one attached hydrogen (secondary N) is 2. The van der Waals surface area contributed by atoms with Gasteiger partial charge in [0.05, 0.1) is 10.1 Å². The first-order chi connectivity index (χ1) is 10.5. The van der Waals surface area contributed by atoms with Crippen molar-refractivity contribution in [3.8, 4) is 0 Å². The Morgan fingerprint density at radius 2 is 1.65 bits per heavy atom. The van der Waals surface area contributed by atoms with Crippen LogP contribution in [0.1, 0.15) is 40.2 Å². The highest BCUT2D eigenvalue weighted by Crippen LogP contribution is 2.16. The van der Waals surface area contributed by atoms with E-state index in [1.165, 1.54) is 0 Å². The molecule has 6 heteroatoms. The Balaban J connectivity index is 2.47. The van der Waals surface area contributed by atoms with Gasteiger partial charge in [0.2, 0.25) is 0 Å². The molecule has 2 amide bonds. The summed E-state index contributed by atoms with van der Waals surface area (Å²) in [6, 6.07) is 6.67. The third-order valence-electron chi connectivity index (χ3n) is 3.35. The largest absolute Gasteiger partial charge is 0.338 e. The van der Waals surface area contributed by atoms with Gasteiger partial charge in [-0.15, -0.1) is 0 Å². The van der Waals surface area contributed by atoms with Crippen molar-refractivity contribution in [2.24, 2.45) is 5.41 Å². The topological polar surface area (TPSA) is 75.3 Å². The summed E-state index contributed by atoms with van der Waals surface area (Å²) in [4.78, 5) is 12.0. The van der Waals surface area contributed by atoms with E-state index in [0.29, 0.717) is 24.4 Å². The fourth-order valence-corrected chi connectivity index (χ4v) is 2.91. The molecule has 0 unspecified atom stereocenters. The Bertz CT molecular complexity index is 614. The molecule has 0 aliphatic carbocycles. The molecule has 0 aliphatic heterocycles. The maximum atomic E-state index is 12.0. The van der Waals surface area contributed by atoms with Crippen molar-refractivity contribution in [3.63, 3.8) is 0 Å². The molecule has 0 bridgehead atoms. The smallest absolute Gasteiger partial charge is 0.314 e. The van der Waals surface area contributed by atoms with E-state index in [2.05, 4.69) is 31.4 Å². The highest BCUT2D eigenvalue weighted by atomic mass is 32.2. The monoisotopic (exact) mass is 340 g/mol. The van der Waals surface area contributed by atoms with Crippen LogP contribution in [0.3, 0.4) is 0 Å². The molecular formula is C17H28N2O3S. The Morgan fingerprint density at radius 1 is 1.09 bits per heavy atom. The van der Waals surface area contributed by atoms with Crippen LogP contribution in [-0.4, -0.2) is 32.8 Å². The van der Waals surface area contributed by atoms with Crippen LogP contribution in [0, 0.1) is 5.41 Å². The molecule has 0 fully saturated rings. The van der Waals surface area contributed by atoms with Gasteiger partial charge in [0.25, 0.3) is 0 Å². The lowest BCUT2D eigenvalue weighted by molar-refractivity contribution is 0.235. The van der Waals surface area contributed by atoms with E-state index in [-0.39, 0.29) is 11.4 Å². The van der Waals surface area contributed by atoms with Crippen LogP contribution >= 0.6 is 0 Å². The Morgan fingerprint density at radius 3 is 2.13 bits per heavy atom. The first-order valence-electron chi connectivity index (χ1n) is 7.87. The second kappa shape index (κ2) is 7.81. The van der Waals surface area contributed by atoms with Crippen LogP contribution in [0.25, 0.3) is 0 Å². The Hall–Kier alpha value is -1.56. The third kappa shape index (κ3) is 6.60. The first kappa shape index (κ1) is 19.5. The van der Waals surface area contributed by atoms with Gasteiger partial charge >= 0.3 is 6.03 Å². The van der Waals surface area contributed by atoms with Crippen molar-refractivity contribution in [1.82, 2.24) is 10.6 Å². The summed E-state index contributed by atoms with van der Waals surface area (Å²) >= 11 is 0. The van der Waals surface area contributed by atoms with Gasteiger partial charge in [-0.3, -0.25) is 0 Å². The van der Waals surface area contributed by atoms with E-state index in [1.807, 2.05) is 0 Å². The van der Waals surface area contributed by atoms with Gasteiger partial charge in [-0.05, 0) is 43.4 Å². The molecule has 0 aliphatic rings. The lowest BCUT2D eigenvalue weighted by Crippen LogP contribution is -2.40. The Kier molecular flexibility index (Phi) is 6.62. The standard InChI is InChI=1S/C17H28N2O3S/c1-13(2)23(21,22)15-8-6-14(7-9-15)10-11-18-16(20)19-12-17(3,4)5/h6-9,13H,10-12H2,1-5H3,(H2,18,19,20). The second-order valence-electron chi connectivity index (χ2n) is 7.16. The van der Waals surface area contributed by atoms with Crippen molar-refractivity contribution in [2.45, 2.75) is 51.2 Å². The number of hydrogen-bond donors (Lipinski definition) is 2. The molecule has 0 atom stereocenters. The molecule has 0 saturated carbocycles. The van der Waals surface area contributed by atoms with Crippen LogP contribution < -0.4 is 10.6 Å². The van der Waals surface area contributed by atoms with Gasteiger partial charge in [-0.1, -0.05) is 32.9 Å². The summed E-state index contributed by atoms with van der Waals surface area (Å²) in [5, 5.41) is 5.19. The average molecular weight is 340 g/mol. The molecule has 0 saturated heterocycles. The van der Waals surface area contributed by atoms with Gasteiger partial charge in [0.15, 0.2) is 9.84 Å². The number of urea groups is 1. The quantitative estimate of drug-likeness (QED) is 0.836. The molecule has 1 rings (SSSR count). The van der Waals surface area contributed by atoms with Gasteiger partial charge in [-0.2, -0.15) is 0 Å². The van der Waals surface area contributed by atoms with Gasteiger partial charge in [0.1, 0.15) is 0 Å². The van der Waals surface area contributed by atoms with Crippen molar-refractivity contribution in [1.29, 1.82) is 0 Å². The SMILES string of the molecule is CC(C)S(=O)(=O)c1ccc(CCNC(=O)NCC(C)(C)C)cc1. The number of sulfone groups is 1. The van der Waals surface area contributed by atoms with Crippen LogP contribution in [0.2, 0.25) is 0 Å². The fraction of sp³-hybridized carbons (Fsp3) is 0.588. The zero-order valence-corrected chi connectivity index (χ0v) is 15.5. The lowest BCUT2D eigenvalue weighted by atomic mass is 9.97. The predicted molar refractivity (Wildman–Crippen MR) is 93.3 cm³/mol. The summed E-state index contributed by atoms with van der Waals surface area (Å²) in [5.74, 6) is 0. The van der Waals surface area contributed by atoms with Crippen LogP contribution in [-0.2, 0) is 16.3 Å². The minimum absolute atomic E-state index is 0.0507. The third-order valence-corrected chi connectivity index (χ3v) is 5.52. The van der Waals surface area contributed by atoms with Gasteiger partial charge in [0, 0.05) is 13.1 Å². The summed E-state index contributed by atoms with van der Waals surface area (Å²) in [6.07, 6.45) is 0.658. The number of carbonyl (C=O) groups is 1. The fourth-order valence-electron chi connectivity index (χ4n) is 1.85. The lowest BCUT2D eigenvalue weighted by Gasteiger charge is -2.18. The molecule has 0 heterocycles. The van der Waals surface area contributed by atoms with E-state index in [0.717, 1.165) is 5.56 Å². The molecule has 1 aromatic rings. The molecular weight excluding hydrogens is 312 g/mol. The first-order valence-corrected chi connectivity index (χ1v) is 9.41. The van der Waals surface area contributed by atoms with Gasteiger partial charge < -0.3 is 10.6 Å². The minimum atomic E-state index is -3.23. The number of rotatable bonds is 6. The maximum Gasteiger partial charge on any atom is 0.314 e. The van der Waals surface area contributed by atoms with Crippen molar-refractivity contribution in [3.05, 3.63) is 29.8 Å². The van der Waals surface area contributed by atoms with Crippen LogP contribution in [0.15, 0.2) is 29.2 Å². The van der Waals surface area contributed by atoms with Crippen molar-refractivity contribution >= 4 is 15.9 Å². The molecule has 5 nitrogen and oxygen atoms in total. The van der Waals surface area contributed by atoms with Crippen LogP contribution in [0.4, 0.5) is 4.79 Å². The normalized spacial score (nSPS) is 12.3. The maximum absolute atomic E-state index is 12.0. The zero-order valence-electron chi connectivity index (χ0n) is 14.6. The summed E-state index contributed by atoms with van der Waals surface area (Å²) in [6.45, 7) is 10.6. The minimum Gasteiger partial charge on any atom is -0.338 e. The predicted octanol–water partition coefficient (Wildman–Crippen LogP) is 2.76. The molecule has 0 radical (unpaired) electrons. The number of amides is 2. The highest BCUT2D eigenvalue weighted by molar-refractivity contribution is 7.92. The summed E-state index contributed by atoms with van der Waals surface area (Å²) < 4.78 is 24.1.